The molecule has 1 amide bonds. The van der Waals surface area contributed by atoms with Crippen molar-refractivity contribution in [1.82, 2.24) is 10.6 Å². The lowest BCUT2D eigenvalue weighted by atomic mass is 10.1. The first-order valence-electron chi connectivity index (χ1n) is 5.95. The summed E-state index contributed by atoms with van der Waals surface area (Å²) in [4.78, 5) is 12.1. The Morgan fingerprint density at radius 2 is 2.35 bits per heavy atom. The summed E-state index contributed by atoms with van der Waals surface area (Å²) in [6, 6.07) is 5.74. The van der Waals surface area contributed by atoms with Crippen molar-refractivity contribution in [3.05, 3.63) is 34.3 Å². The van der Waals surface area contributed by atoms with Crippen molar-refractivity contribution in [1.29, 1.82) is 0 Å². The van der Waals surface area contributed by atoms with Gasteiger partial charge < -0.3 is 10.6 Å². The molecule has 1 aromatic carbocycles. The Labute approximate surface area is 107 Å². The van der Waals surface area contributed by atoms with E-state index in [-0.39, 0.29) is 11.9 Å². The maximum Gasteiger partial charge on any atom is 0.253 e. The molecule has 1 fully saturated rings. The van der Waals surface area contributed by atoms with Crippen LogP contribution in [0.2, 0.25) is 5.02 Å². The molecule has 0 spiro atoms. The lowest BCUT2D eigenvalue weighted by Crippen LogP contribution is -2.45. The Morgan fingerprint density at radius 3 is 3.06 bits per heavy atom. The van der Waals surface area contributed by atoms with Gasteiger partial charge in [-0.15, -0.1) is 0 Å². The molecule has 1 aliphatic heterocycles. The third-order valence-corrected chi connectivity index (χ3v) is 3.57. The number of nitrogens with one attached hydrogen (secondary N) is 2. The van der Waals surface area contributed by atoms with Gasteiger partial charge in [-0.1, -0.05) is 23.7 Å². The van der Waals surface area contributed by atoms with Crippen LogP contribution in [-0.4, -0.2) is 25.0 Å². The van der Waals surface area contributed by atoms with Crippen LogP contribution in [0.25, 0.3) is 0 Å². The van der Waals surface area contributed by atoms with E-state index in [0.29, 0.717) is 10.6 Å². The second-order valence-electron chi connectivity index (χ2n) is 4.45. The van der Waals surface area contributed by atoms with E-state index in [9.17, 15) is 4.79 Å². The van der Waals surface area contributed by atoms with E-state index in [2.05, 4.69) is 10.6 Å². The molecule has 2 N–H and O–H groups in total. The zero-order valence-electron chi connectivity index (χ0n) is 9.92. The molecule has 0 aromatic heterocycles. The van der Waals surface area contributed by atoms with E-state index in [1.165, 1.54) is 0 Å². The highest BCUT2D eigenvalue weighted by atomic mass is 35.5. The van der Waals surface area contributed by atoms with Crippen LogP contribution < -0.4 is 10.6 Å². The van der Waals surface area contributed by atoms with Crippen molar-refractivity contribution in [2.75, 3.05) is 13.1 Å². The fourth-order valence-electron chi connectivity index (χ4n) is 2.06. The topological polar surface area (TPSA) is 41.1 Å². The number of rotatable bonds is 2. The average molecular weight is 253 g/mol. The van der Waals surface area contributed by atoms with Crippen LogP contribution in [0.3, 0.4) is 0 Å². The first-order valence-corrected chi connectivity index (χ1v) is 6.33. The number of hydrogen-bond donors (Lipinski definition) is 2. The molecule has 1 heterocycles. The maximum absolute atomic E-state index is 12.1. The standard InChI is InChI=1S/C13H17ClN2O/c1-9-4-2-6-11(12(9)14)13(17)16-10-5-3-7-15-8-10/h2,4,6,10,15H,3,5,7-8H2,1H3,(H,16,17). The molecule has 0 radical (unpaired) electrons. The molecule has 3 nitrogen and oxygen atoms in total. The Balaban J connectivity index is 2.06. The quantitative estimate of drug-likeness (QED) is 0.847. The van der Waals surface area contributed by atoms with Gasteiger partial charge in [0, 0.05) is 12.6 Å². The molecule has 1 aliphatic rings. The molecule has 4 heteroatoms. The molecule has 0 saturated carbocycles. The SMILES string of the molecule is Cc1cccc(C(=O)NC2CCCNC2)c1Cl. The zero-order valence-corrected chi connectivity index (χ0v) is 10.7. The number of amides is 1. The van der Waals surface area contributed by atoms with Crippen molar-refractivity contribution in [3.63, 3.8) is 0 Å². The summed E-state index contributed by atoms with van der Waals surface area (Å²) in [6.07, 6.45) is 2.13. The molecule has 92 valence electrons. The van der Waals surface area contributed by atoms with Gasteiger partial charge in [-0.25, -0.2) is 0 Å². The van der Waals surface area contributed by atoms with Gasteiger partial charge in [0.1, 0.15) is 0 Å². The molecular formula is C13H17ClN2O. The normalized spacial score (nSPS) is 20.0. The summed E-state index contributed by atoms with van der Waals surface area (Å²) in [7, 11) is 0. The van der Waals surface area contributed by atoms with Crippen LogP contribution in [0.5, 0.6) is 0 Å². The van der Waals surface area contributed by atoms with Crippen LogP contribution in [0.15, 0.2) is 18.2 Å². The largest absolute Gasteiger partial charge is 0.348 e. The van der Waals surface area contributed by atoms with Gasteiger partial charge in [-0.3, -0.25) is 4.79 Å². The molecular weight excluding hydrogens is 236 g/mol. The number of halogens is 1. The van der Waals surface area contributed by atoms with Gasteiger partial charge >= 0.3 is 0 Å². The van der Waals surface area contributed by atoms with Gasteiger partial charge in [-0.05, 0) is 37.9 Å². The Kier molecular flexibility index (Phi) is 4.02. The lowest BCUT2D eigenvalue weighted by Gasteiger charge is -2.24. The fraction of sp³-hybridized carbons (Fsp3) is 0.462. The minimum Gasteiger partial charge on any atom is -0.348 e. The number of aryl methyl sites for hydroxylation is 1. The van der Waals surface area contributed by atoms with Crippen molar-refractivity contribution >= 4 is 17.5 Å². The van der Waals surface area contributed by atoms with E-state index in [4.69, 9.17) is 11.6 Å². The summed E-state index contributed by atoms with van der Waals surface area (Å²) < 4.78 is 0. The number of carbonyl (C=O) groups excluding carboxylic acids is 1. The molecule has 1 atom stereocenters. The summed E-state index contributed by atoms with van der Waals surface area (Å²) in [5.74, 6) is -0.0765. The second kappa shape index (κ2) is 5.52. The van der Waals surface area contributed by atoms with E-state index < -0.39 is 0 Å². The third-order valence-electron chi connectivity index (χ3n) is 3.07. The van der Waals surface area contributed by atoms with Crippen LogP contribution in [0.4, 0.5) is 0 Å². The van der Waals surface area contributed by atoms with Crippen molar-refractivity contribution < 1.29 is 4.79 Å². The minimum absolute atomic E-state index is 0.0765. The summed E-state index contributed by atoms with van der Waals surface area (Å²) in [5.41, 5.74) is 1.50. The van der Waals surface area contributed by atoms with E-state index in [0.717, 1.165) is 31.5 Å². The number of hydrogen-bond acceptors (Lipinski definition) is 2. The monoisotopic (exact) mass is 252 g/mol. The van der Waals surface area contributed by atoms with Crippen LogP contribution in [0.1, 0.15) is 28.8 Å². The Bertz CT molecular complexity index is 414. The lowest BCUT2D eigenvalue weighted by molar-refractivity contribution is 0.0931. The molecule has 17 heavy (non-hydrogen) atoms. The minimum atomic E-state index is -0.0765. The first-order chi connectivity index (χ1) is 8.18. The maximum atomic E-state index is 12.1. The van der Waals surface area contributed by atoms with Crippen LogP contribution in [-0.2, 0) is 0 Å². The highest BCUT2D eigenvalue weighted by Gasteiger charge is 2.18. The number of piperidine rings is 1. The zero-order chi connectivity index (χ0) is 12.3. The first kappa shape index (κ1) is 12.4. The molecule has 1 aromatic rings. The molecule has 0 bridgehead atoms. The third kappa shape index (κ3) is 2.99. The van der Waals surface area contributed by atoms with E-state index >= 15 is 0 Å². The highest BCUT2D eigenvalue weighted by Crippen LogP contribution is 2.20. The van der Waals surface area contributed by atoms with Gasteiger partial charge in [0.05, 0.1) is 10.6 Å². The van der Waals surface area contributed by atoms with Gasteiger partial charge in [0.15, 0.2) is 0 Å². The number of benzene rings is 1. The van der Waals surface area contributed by atoms with Crippen LogP contribution in [0, 0.1) is 6.92 Å². The molecule has 2 rings (SSSR count). The van der Waals surface area contributed by atoms with Gasteiger partial charge in [-0.2, -0.15) is 0 Å². The molecule has 1 unspecified atom stereocenters. The predicted octanol–water partition coefficient (Wildman–Crippen LogP) is 2.13. The van der Waals surface area contributed by atoms with Crippen molar-refractivity contribution in [3.8, 4) is 0 Å². The Morgan fingerprint density at radius 1 is 1.53 bits per heavy atom. The Hall–Kier alpha value is -1.06. The number of carbonyl (C=O) groups is 1. The summed E-state index contributed by atoms with van der Waals surface area (Å²) in [6.45, 7) is 3.79. The summed E-state index contributed by atoms with van der Waals surface area (Å²) >= 11 is 6.13. The smallest absolute Gasteiger partial charge is 0.253 e. The van der Waals surface area contributed by atoms with Crippen molar-refractivity contribution in [2.24, 2.45) is 0 Å². The van der Waals surface area contributed by atoms with Gasteiger partial charge in [0.25, 0.3) is 5.91 Å². The van der Waals surface area contributed by atoms with Gasteiger partial charge in [0.2, 0.25) is 0 Å². The van der Waals surface area contributed by atoms with E-state index in [1.807, 2.05) is 19.1 Å². The fourth-order valence-corrected chi connectivity index (χ4v) is 2.27. The second-order valence-corrected chi connectivity index (χ2v) is 4.83. The molecule has 0 aliphatic carbocycles. The van der Waals surface area contributed by atoms with Crippen molar-refractivity contribution in [2.45, 2.75) is 25.8 Å². The van der Waals surface area contributed by atoms with Crippen LogP contribution >= 0.6 is 11.6 Å². The molecule has 1 saturated heterocycles. The predicted molar refractivity (Wildman–Crippen MR) is 69.5 cm³/mol. The van der Waals surface area contributed by atoms with E-state index in [1.54, 1.807) is 6.07 Å². The average Bonchev–Trinajstić information content (AvgIpc) is 2.34. The summed E-state index contributed by atoms with van der Waals surface area (Å²) in [5, 5.41) is 6.84. The highest BCUT2D eigenvalue weighted by molar-refractivity contribution is 6.34.